The third-order valence-corrected chi connectivity index (χ3v) is 6.86. The SMILES string of the molecule is CC(C)Cc1cccc2[nH]c(Cn3cccc(NC(=O)[C@H](CC/C=C/C(N)=O)NC(=O)OCC4CCOC4)c3=O)nc12. The number of nitrogens with zero attached hydrogens (tertiary/aromatic N) is 2. The molecule has 2 aromatic heterocycles. The Bertz CT molecular complexity index is 1490. The van der Waals surface area contributed by atoms with Crippen LogP contribution >= 0.6 is 0 Å². The van der Waals surface area contributed by atoms with Crippen molar-refractivity contribution in [2.45, 2.75) is 52.1 Å². The van der Waals surface area contributed by atoms with E-state index in [1.54, 1.807) is 12.3 Å². The summed E-state index contributed by atoms with van der Waals surface area (Å²) in [6, 6.07) is 8.11. The zero-order valence-corrected chi connectivity index (χ0v) is 23.9. The number of amides is 3. The summed E-state index contributed by atoms with van der Waals surface area (Å²) in [7, 11) is 0. The minimum absolute atomic E-state index is 0.0510. The highest BCUT2D eigenvalue weighted by Crippen LogP contribution is 2.20. The number of benzene rings is 1. The van der Waals surface area contributed by atoms with Gasteiger partial charge in [0.15, 0.2) is 0 Å². The Morgan fingerprint density at radius 3 is 2.83 bits per heavy atom. The summed E-state index contributed by atoms with van der Waals surface area (Å²) >= 11 is 0. The summed E-state index contributed by atoms with van der Waals surface area (Å²) in [6.07, 6.45) is 5.68. The smallest absolute Gasteiger partial charge is 0.407 e. The van der Waals surface area contributed by atoms with Crippen molar-refractivity contribution in [1.29, 1.82) is 0 Å². The van der Waals surface area contributed by atoms with Crippen LogP contribution in [-0.4, -0.2) is 58.3 Å². The van der Waals surface area contributed by atoms with Gasteiger partial charge in [-0.05, 0) is 61.4 Å². The fourth-order valence-electron chi connectivity index (χ4n) is 4.78. The van der Waals surface area contributed by atoms with Crippen molar-refractivity contribution in [3.8, 4) is 0 Å². The van der Waals surface area contributed by atoms with Crippen LogP contribution in [-0.2, 0) is 32.0 Å². The molecule has 42 heavy (non-hydrogen) atoms. The number of primary amides is 1. The maximum absolute atomic E-state index is 13.3. The standard InChI is InChI=1S/C30H38N6O6/c1-19(2)15-21-7-5-9-22-27(21)35-26(32-22)16-36-13-6-10-24(29(36)39)33-28(38)23(8-3-4-11-25(31)37)34-30(40)42-18-20-12-14-41-17-20/h4-7,9-11,13,19-20,23H,3,8,12,14-18H2,1-2H3,(H2,31,37)(H,32,35)(H,33,38)(H,34,40)/b11-4+/t20?,23-/m0/s1. The molecule has 12 nitrogen and oxygen atoms in total. The van der Waals surface area contributed by atoms with Crippen molar-refractivity contribution in [2.24, 2.45) is 17.6 Å². The van der Waals surface area contributed by atoms with E-state index in [-0.39, 0.29) is 37.6 Å². The van der Waals surface area contributed by atoms with E-state index in [0.29, 0.717) is 25.0 Å². The number of rotatable bonds is 13. The molecule has 0 aliphatic carbocycles. The second-order valence-corrected chi connectivity index (χ2v) is 10.8. The molecule has 1 unspecified atom stereocenters. The zero-order valence-electron chi connectivity index (χ0n) is 23.9. The molecular formula is C30H38N6O6. The second-order valence-electron chi connectivity index (χ2n) is 10.8. The Balaban J connectivity index is 1.45. The number of aromatic amines is 1. The Morgan fingerprint density at radius 2 is 2.10 bits per heavy atom. The van der Waals surface area contributed by atoms with Crippen LogP contribution in [0.4, 0.5) is 10.5 Å². The van der Waals surface area contributed by atoms with Crippen molar-refractivity contribution in [1.82, 2.24) is 19.9 Å². The van der Waals surface area contributed by atoms with Gasteiger partial charge in [0.2, 0.25) is 11.8 Å². The zero-order chi connectivity index (χ0) is 30.1. The molecule has 1 aliphatic rings. The molecule has 2 atom stereocenters. The molecule has 5 N–H and O–H groups in total. The van der Waals surface area contributed by atoms with Crippen LogP contribution < -0.4 is 21.9 Å². The highest BCUT2D eigenvalue weighted by molar-refractivity contribution is 5.96. The van der Waals surface area contributed by atoms with Crippen LogP contribution in [0.2, 0.25) is 0 Å². The van der Waals surface area contributed by atoms with Gasteiger partial charge in [-0.3, -0.25) is 14.4 Å². The van der Waals surface area contributed by atoms with Gasteiger partial charge < -0.3 is 35.4 Å². The first-order chi connectivity index (χ1) is 20.2. The number of carbonyl (C=O) groups excluding carboxylic acids is 3. The number of imidazole rings is 1. The van der Waals surface area contributed by atoms with Gasteiger partial charge in [-0.15, -0.1) is 0 Å². The molecule has 12 heteroatoms. The number of para-hydroxylation sites is 1. The van der Waals surface area contributed by atoms with Gasteiger partial charge in [-0.2, -0.15) is 0 Å². The summed E-state index contributed by atoms with van der Waals surface area (Å²) < 4.78 is 12.0. The average Bonchev–Trinajstić information content (AvgIpc) is 3.61. The van der Waals surface area contributed by atoms with Gasteiger partial charge in [-0.1, -0.05) is 32.1 Å². The molecule has 1 aliphatic heterocycles. The van der Waals surface area contributed by atoms with Gasteiger partial charge in [0.1, 0.15) is 17.6 Å². The third-order valence-electron chi connectivity index (χ3n) is 6.86. The van der Waals surface area contributed by atoms with Crippen LogP contribution in [0.15, 0.2) is 53.5 Å². The lowest BCUT2D eigenvalue weighted by molar-refractivity contribution is -0.118. The fourth-order valence-corrected chi connectivity index (χ4v) is 4.78. The van der Waals surface area contributed by atoms with Crippen LogP contribution in [0, 0.1) is 11.8 Å². The van der Waals surface area contributed by atoms with Crippen LogP contribution in [0.5, 0.6) is 0 Å². The van der Waals surface area contributed by atoms with Gasteiger partial charge >= 0.3 is 6.09 Å². The third kappa shape index (κ3) is 8.53. The number of alkyl carbamates (subject to hydrolysis) is 1. The number of ether oxygens (including phenoxy) is 2. The topological polar surface area (TPSA) is 170 Å². The minimum Gasteiger partial charge on any atom is -0.449 e. The number of pyridine rings is 1. The number of nitrogens with two attached hydrogens (primary N) is 1. The average molecular weight is 579 g/mol. The Kier molecular flexibility index (Phi) is 10.5. The number of aromatic nitrogens is 3. The highest BCUT2D eigenvalue weighted by Gasteiger charge is 2.24. The molecule has 3 heterocycles. The van der Waals surface area contributed by atoms with E-state index in [2.05, 4.69) is 35.5 Å². The normalized spacial score (nSPS) is 15.7. The lowest BCUT2D eigenvalue weighted by Gasteiger charge is -2.18. The molecule has 1 fully saturated rings. The van der Waals surface area contributed by atoms with Gasteiger partial charge in [0.25, 0.3) is 5.56 Å². The number of hydrogen-bond acceptors (Lipinski definition) is 7. The number of carbonyl (C=O) groups is 3. The van der Waals surface area contributed by atoms with E-state index < -0.39 is 29.5 Å². The summed E-state index contributed by atoms with van der Waals surface area (Å²) in [5, 5.41) is 5.21. The number of nitrogens with one attached hydrogen (secondary N) is 3. The summed E-state index contributed by atoms with van der Waals surface area (Å²) in [5.41, 5.74) is 7.67. The van der Waals surface area contributed by atoms with Crippen molar-refractivity contribution in [2.75, 3.05) is 25.1 Å². The van der Waals surface area contributed by atoms with Crippen molar-refractivity contribution >= 4 is 34.6 Å². The summed E-state index contributed by atoms with van der Waals surface area (Å²) in [5.74, 6) is -0.0196. The van der Waals surface area contributed by atoms with E-state index in [4.69, 9.17) is 20.2 Å². The maximum atomic E-state index is 13.3. The van der Waals surface area contributed by atoms with E-state index >= 15 is 0 Å². The predicted molar refractivity (Wildman–Crippen MR) is 158 cm³/mol. The van der Waals surface area contributed by atoms with Crippen molar-refractivity contribution in [3.63, 3.8) is 0 Å². The maximum Gasteiger partial charge on any atom is 0.407 e. The fraction of sp³-hybridized carbons (Fsp3) is 0.433. The Morgan fingerprint density at radius 1 is 1.26 bits per heavy atom. The lowest BCUT2D eigenvalue weighted by Crippen LogP contribution is -2.45. The Hall–Kier alpha value is -4.45. The van der Waals surface area contributed by atoms with Crippen LogP contribution in [0.25, 0.3) is 11.0 Å². The van der Waals surface area contributed by atoms with E-state index in [1.165, 1.54) is 22.8 Å². The molecule has 0 radical (unpaired) electrons. The molecule has 0 bridgehead atoms. The van der Waals surface area contributed by atoms with E-state index in [1.807, 2.05) is 12.1 Å². The van der Waals surface area contributed by atoms with Gasteiger partial charge in [-0.25, -0.2) is 9.78 Å². The van der Waals surface area contributed by atoms with E-state index in [0.717, 1.165) is 29.4 Å². The second kappa shape index (κ2) is 14.4. The highest BCUT2D eigenvalue weighted by atomic mass is 16.6. The first kappa shape index (κ1) is 30.5. The summed E-state index contributed by atoms with van der Waals surface area (Å²) in [6.45, 7) is 5.79. The number of H-pyrrole nitrogens is 1. The van der Waals surface area contributed by atoms with E-state index in [9.17, 15) is 19.2 Å². The van der Waals surface area contributed by atoms with Gasteiger partial charge in [0, 0.05) is 18.7 Å². The molecule has 3 amide bonds. The molecule has 224 valence electrons. The minimum atomic E-state index is -1.03. The largest absolute Gasteiger partial charge is 0.449 e. The lowest BCUT2D eigenvalue weighted by atomic mass is 10.0. The quantitative estimate of drug-likeness (QED) is 0.226. The first-order valence-corrected chi connectivity index (χ1v) is 14.1. The number of hydrogen-bond donors (Lipinski definition) is 4. The number of fused-ring (bicyclic) bond motifs is 1. The monoisotopic (exact) mass is 578 g/mol. The Labute approximate surface area is 243 Å². The van der Waals surface area contributed by atoms with Crippen LogP contribution in [0.3, 0.4) is 0 Å². The van der Waals surface area contributed by atoms with Crippen molar-refractivity contribution in [3.05, 3.63) is 70.4 Å². The predicted octanol–water partition coefficient (Wildman–Crippen LogP) is 2.86. The molecule has 0 saturated carbocycles. The molecule has 1 saturated heterocycles. The molecule has 0 spiro atoms. The number of allylic oxidation sites excluding steroid dienone is 1. The number of anilines is 1. The first-order valence-electron chi connectivity index (χ1n) is 14.1. The molecule has 4 rings (SSSR count). The molecular weight excluding hydrogens is 540 g/mol. The van der Waals surface area contributed by atoms with Gasteiger partial charge in [0.05, 0.1) is 30.8 Å². The van der Waals surface area contributed by atoms with Crippen LogP contribution in [0.1, 0.15) is 44.5 Å². The molecule has 1 aromatic carbocycles. The summed E-state index contributed by atoms with van der Waals surface area (Å²) in [4.78, 5) is 58.0. The molecule has 3 aromatic rings. The van der Waals surface area contributed by atoms with Crippen molar-refractivity contribution < 1.29 is 23.9 Å².